The van der Waals surface area contributed by atoms with Gasteiger partial charge in [-0.15, -0.1) is 59.7 Å². The van der Waals surface area contributed by atoms with Crippen molar-refractivity contribution in [2.45, 2.75) is 39.4 Å². The van der Waals surface area contributed by atoms with E-state index in [1.807, 2.05) is 74.6 Å². The molecule has 5 aromatic carbocycles. The third-order valence-electron chi connectivity index (χ3n) is 8.96. The van der Waals surface area contributed by atoms with E-state index in [2.05, 4.69) is 121 Å². The molecule has 0 amide bonds. The van der Waals surface area contributed by atoms with Crippen molar-refractivity contribution in [3.8, 4) is 44.8 Å². The van der Waals surface area contributed by atoms with E-state index in [1.165, 1.54) is 16.3 Å². The van der Waals surface area contributed by atoms with Gasteiger partial charge in [-0.3, -0.25) is 0 Å². The summed E-state index contributed by atoms with van der Waals surface area (Å²) in [5.41, 5.74) is 11.1. The van der Waals surface area contributed by atoms with Crippen LogP contribution in [-0.4, -0.2) is 18.0 Å². The zero-order valence-electron chi connectivity index (χ0n) is 30.5. The first-order chi connectivity index (χ1) is 24.5. The van der Waals surface area contributed by atoms with Crippen molar-refractivity contribution < 1.29 is 25.9 Å². The number of aromatic nitrogens is 2. The molecule has 0 aliphatic rings. The molecular weight excluding hydrogens is 817 g/mol. The predicted octanol–water partition coefficient (Wildman–Crippen LogP) is 12.0. The molecule has 0 fully saturated rings. The van der Waals surface area contributed by atoms with Crippen molar-refractivity contribution in [3.05, 3.63) is 164 Å². The molecule has 0 unspecified atom stereocenters. The molecule has 3 nitrogen and oxygen atoms in total. The number of nitrogens with zero attached hydrogens (tertiary/aromatic N) is 2. The van der Waals surface area contributed by atoms with Gasteiger partial charge in [0.2, 0.25) is 0 Å². The van der Waals surface area contributed by atoms with E-state index in [-0.39, 0.29) is 20.1 Å². The average molecular weight is 858 g/mol. The molecule has 0 saturated carbocycles. The second kappa shape index (κ2) is 15.5. The second-order valence-corrected chi connectivity index (χ2v) is 18.8. The molecule has 0 aliphatic carbocycles. The van der Waals surface area contributed by atoms with Gasteiger partial charge in [0.25, 0.3) is 0 Å². The Hall–Kier alpha value is -4.93. The first-order valence-corrected chi connectivity index (χ1v) is 20.5. The normalized spacial score (nSPS) is 11.7. The Labute approximate surface area is 317 Å². The third kappa shape index (κ3) is 8.18. The molecule has 0 atom stereocenters. The van der Waals surface area contributed by atoms with Crippen molar-refractivity contribution >= 4 is 35.2 Å². The molecule has 0 aliphatic heterocycles. The Bertz CT molecular complexity index is 2410. The van der Waals surface area contributed by atoms with Gasteiger partial charge in [-0.25, -0.2) is 0 Å². The summed E-state index contributed by atoms with van der Waals surface area (Å²) in [6.07, 6.45) is 3.78. The molecule has 3 aromatic heterocycles. The Kier molecular flexibility index (Phi) is 10.5. The van der Waals surface area contributed by atoms with Crippen LogP contribution in [-0.2, 0) is 20.1 Å². The maximum Gasteiger partial charge on any atom is 0.121 e. The number of hydrogen-bond acceptors (Lipinski definition) is 3. The maximum absolute atomic E-state index is 8.36. The van der Waals surface area contributed by atoms with E-state index in [1.54, 1.807) is 6.20 Å². The van der Waals surface area contributed by atoms with Crippen LogP contribution in [0.25, 0.3) is 66.7 Å². The van der Waals surface area contributed by atoms with Gasteiger partial charge in [-0.05, 0) is 62.9 Å². The van der Waals surface area contributed by atoms with Crippen LogP contribution < -0.4 is 5.19 Å². The molecule has 3 heterocycles. The fraction of sp³-hybridized carbons (Fsp3) is 0.130. The van der Waals surface area contributed by atoms with Gasteiger partial charge in [0.1, 0.15) is 5.58 Å². The zero-order chi connectivity index (χ0) is 35.6. The fourth-order valence-corrected chi connectivity index (χ4v) is 7.01. The van der Waals surface area contributed by atoms with E-state index < -0.39 is 14.0 Å². The van der Waals surface area contributed by atoms with Crippen molar-refractivity contribution in [3.63, 3.8) is 0 Å². The van der Waals surface area contributed by atoms with Crippen LogP contribution in [0.1, 0.15) is 26.7 Å². The van der Waals surface area contributed by atoms with Crippen molar-refractivity contribution in [1.82, 2.24) is 9.97 Å². The summed E-state index contributed by atoms with van der Waals surface area (Å²) in [4.78, 5) is 9.07. The van der Waals surface area contributed by atoms with Crippen molar-refractivity contribution in [2.24, 2.45) is 0 Å². The SMILES string of the molecule is C[Si](C)(C)c1ccc(-c2[c-]cccc2)nc1.[2H]C(C)(C)c1ccnc(-c2[c-]cc3oc4ccc(-c5ccc(-c6ccccc6)cc5)cc4c3c2)c1.[Ir]. The molecule has 0 spiro atoms. The summed E-state index contributed by atoms with van der Waals surface area (Å²) < 4.78 is 14.5. The Morgan fingerprint density at radius 2 is 1.31 bits per heavy atom. The van der Waals surface area contributed by atoms with E-state index in [9.17, 15) is 0 Å². The molecule has 5 heteroatoms. The first kappa shape index (κ1) is 34.5. The standard InChI is InChI=1S/C32H24NO.C14H16NSi.Ir/c1-21(2)25-16-17-33-30(20-25)27-13-15-32-29(19-27)28-18-26(12-14-31(28)34-32)24-10-8-23(9-11-24)22-6-4-3-5-7-22;1-16(2,3)13-9-10-14(15-11-13)12-7-5-4-6-8-12;/h3-12,14-21H,1-2H3;4-7,9-11H,1-3H3;/q2*-1;/i21D;;. The Morgan fingerprint density at radius 1 is 0.627 bits per heavy atom. The first-order valence-electron chi connectivity index (χ1n) is 17.5. The van der Waals surface area contributed by atoms with E-state index >= 15 is 0 Å². The number of fused-ring (bicyclic) bond motifs is 3. The number of benzene rings is 5. The molecule has 255 valence electrons. The van der Waals surface area contributed by atoms with Gasteiger partial charge >= 0.3 is 0 Å². The molecule has 8 aromatic rings. The molecule has 0 saturated heterocycles. The van der Waals surface area contributed by atoms with Crippen molar-refractivity contribution in [2.75, 3.05) is 0 Å². The van der Waals surface area contributed by atoms with E-state index in [4.69, 9.17) is 5.79 Å². The number of hydrogen-bond donors (Lipinski definition) is 0. The monoisotopic (exact) mass is 858 g/mol. The summed E-state index contributed by atoms with van der Waals surface area (Å²) in [6.45, 7) is 10.8. The van der Waals surface area contributed by atoms with Crippen LogP contribution in [0.4, 0.5) is 0 Å². The summed E-state index contributed by atoms with van der Waals surface area (Å²) in [7, 11) is -1.23. The minimum Gasteiger partial charge on any atom is -0.500 e. The Morgan fingerprint density at radius 3 is 1.98 bits per heavy atom. The van der Waals surface area contributed by atoms with Crippen molar-refractivity contribution in [1.29, 1.82) is 0 Å². The molecule has 0 N–H and O–H groups in total. The average Bonchev–Trinajstić information content (AvgIpc) is 3.53. The zero-order valence-corrected chi connectivity index (χ0v) is 32.9. The summed E-state index contributed by atoms with van der Waals surface area (Å²) in [6, 6.07) is 52.0. The Balaban J connectivity index is 0.000000230. The van der Waals surface area contributed by atoms with Gasteiger partial charge in [0.15, 0.2) is 0 Å². The van der Waals surface area contributed by atoms with Gasteiger partial charge in [-0.2, -0.15) is 0 Å². The van der Waals surface area contributed by atoms with Crippen LogP contribution in [0.15, 0.2) is 150 Å². The largest absolute Gasteiger partial charge is 0.500 e. The topological polar surface area (TPSA) is 38.9 Å². The van der Waals surface area contributed by atoms with Crippen LogP contribution in [0.5, 0.6) is 0 Å². The van der Waals surface area contributed by atoms with Crippen LogP contribution >= 0.6 is 0 Å². The number of furan rings is 1. The predicted molar refractivity (Wildman–Crippen MR) is 212 cm³/mol. The van der Waals surface area contributed by atoms with Crippen LogP contribution in [0, 0.1) is 12.1 Å². The summed E-state index contributed by atoms with van der Waals surface area (Å²) in [5, 5.41) is 3.50. The molecule has 1 radical (unpaired) electrons. The smallest absolute Gasteiger partial charge is 0.121 e. The van der Waals surface area contributed by atoms with Crippen LogP contribution in [0.3, 0.4) is 0 Å². The molecule has 8 rings (SSSR count). The minimum atomic E-state index is -1.23. The molecule has 0 bridgehead atoms. The van der Waals surface area contributed by atoms with E-state index in [0.29, 0.717) is 0 Å². The fourth-order valence-electron chi connectivity index (χ4n) is 5.97. The van der Waals surface area contributed by atoms with Crippen LogP contribution in [0.2, 0.25) is 19.6 Å². The molecule has 51 heavy (non-hydrogen) atoms. The number of rotatable bonds is 6. The van der Waals surface area contributed by atoms with E-state index in [0.717, 1.165) is 61.1 Å². The number of pyridine rings is 2. The third-order valence-corrected chi connectivity index (χ3v) is 11.0. The van der Waals surface area contributed by atoms with Gasteiger partial charge in [-0.1, -0.05) is 123 Å². The van der Waals surface area contributed by atoms with Gasteiger partial charge in [0.05, 0.1) is 13.7 Å². The maximum atomic E-state index is 8.36. The molecular formula is C46H40IrN2OSi-2. The second-order valence-electron chi connectivity index (χ2n) is 13.8. The van der Waals surface area contributed by atoms with Gasteiger partial charge < -0.3 is 14.4 Å². The summed E-state index contributed by atoms with van der Waals surface area (Å²) >= 11 is 0. The summed E-state index contributed by atoms with van der Waals surface area (Å²) in [5.74, 6) is -0.685. The minimum absolute atomic E-state index is 0. The van der Waals surface area contributed by atoms with Gasteiger partial charge in [0, 0.05) is 39.3 Å². The quantitative estimate of drug-likeness (QED) is 0.124.